The van der Waals surface area contributed by atoms with Gasteiger partial charge < -0.3 is 19.5 Å². The molecule has 1 N–H and O–H groups in total. The van der Waals surface area contributed by atoms with Crippen LogP contribution in [-0.2, 0) is 32.1 Å². The Hall–Kier alpha value is -3.08. The van der Waals surface area contributed by atoms with Gasteiger partial charge in [0, 0.05) is 24.1 Å². The van der Waals surface area contributed by atoms with Crippen molar-refractivity contribution in [3.05, 3.63) is 33.9 Å². The standard InChI is InChI=1S/C26H33F3N2O6/c1-16(8-10-20(32)36-14-13-31-11-5-4-6-12-31)7-9-18-22(30-25(34)26(27,28)29)21-19(15-37-24(21)33)17(2)23(18)35-3/h7H,4-6,8-15H2,1-3H3,(H,30,34)/b16-7+. The van der Waals surface area contributed by atoms with Crippen molar-refractivity contribution in [2.75, 3.05) is 38.7 Å². The minimum atomic E-state index is -5.15. The number of piperidine rings is 1. The third-order valence-corrected chi connectivity index (χ3v) is 6.67. The maximum atomic E-state index is 13.0. The first-order valence-electron chi connectivity index (χ1n) is 12.3. The maximum Gasteiger partial charge on any atom is 0.471 e. The molecule has 204 valence electrons. The van der Waals surface area contributed by atoms with Crippen molar-refractivity contribution in [1.82, 2.24) is 4.90 Å². The van der Waals surface area contributed by atoms with E-state index < -0.39 is 18.1 Å². The first kappa shape index (κ1) is 28.5. The summed E-state index contributed by atoms with van der Waals surface area (Å²) >= 11 is 0. The zero-order valence-corrected chi connectivity index (χ0v) is 21.4. The summed E-state index contributed by atoms with van der Waals surface area (Å²) in [6.45, 7) is 6.44. The molecule has 8 nitrogen and oxygen atoms in total. The Bertz CT molecular complexity index is 1060. The molecule has 2 heterocycles. The molecule has 0 saturated carbocycles. The lowest BCUT2D eigenvalue weighted by atomic mass is 9.93. The van der Waals surface area contributed by atoms with E-state index >= 15 is 0 Å². The summed E-state index contributed by atoms with van der Waals surface area (Å²) in [5.74, 6) is -3.07. The number of likely N-dealkylation sites (tertiary alicyclic amines) is 1. The van der Waals surface area contributed by atoms with Crippen LogP contribution in [0.15, 0.2) is 11.6 Å². The monoisotopic (exact) mass is 526 g/mol. The highest BCUT2D eigenvalue weighted by Crippen LogP contribution is 2.42. The lowest BCUT2D eigenvalue weighted by Crippen LogP contribution is -2.33. The van der Waals surface area contributed by atoms with Crippen LogP contribution < -0.4 is 10.1 Å². The Morgan fingerprint density at radius 2 is 1.86 bits per heavy atom. The van der Waals surface area contributed by atoms with Gasteiger partial charge in [0.2, 0.25) is 0 Å². The lowest BCUT2D eigenvalue weighted by molar-refractivity contribution is -0.167. The number of alkyl halides is 3. The molecular weight excluding hydrogens is 493 g/mol. The number of methoxy groups -OCH3 is 1. The van der Waals surface area contributed by atoms with Crippen molar-refractivity contribution in [2.45, 2.75) is 65.2 Å². The number of carbonyl (C=O) groups excluding carboxylic acids is 3. The number of nitrogens with one attached hydrogen (secondary N) is 1. The molecule has 0 unspecified atom stereocenters. The summed E-state index contributed by atoms with van der Waals surface area (Å²) in [7, 11) is 1.36. The fraction of sp³-hybridized carbons (Fsp3) is 0.577. The Kier molecular flexibility index (Phi) is 9.58. The topological polar surface area (TPSA) is 94.2 Å². The van der Waals surface area contributed by atoms with Crippen molar-refractivity contribution in [1.29, 1.82) is 0 Å². The average molecular weight is 527 g/mol. The molecular formula is C26H33F3N2O6. The quantitative estimate of drug-likeness (QED) is 0.355. The van der Waals surface area contributed by atoms with Crippen LogP contribution in [0, 0.1) is 6.92 Å². The number of hydrogen-bond acceptors (Lipinski definition) is 7. The van der Waals surface area contributed by atoms with Gasteiger partial charge in [0.05, 0.1) is 18.4 Å². The number of esters is 2. The number of amides is 1. The number of allylic oxidation sites excluding steroid dienone is 2. The molecule has 0 aliphatic carbocycles. The molecule has 1 amide bonds. The van der Waals surface area contributed by atoms with Crippen LogP contribution in [0.5, 0.6) is 5.75 Å². The SMILES string of the molecule is COc1c(C)c2c(c(NC(=O)C(F)(F)F)c1C/C=C(\C)CCC(=O)OCCN1CCCCC1)C(=O)OC2. The molecule has 0 bridgehead atoms. The van der Waals surface area contributed by atoms with Crippen LogP contribution in [0.4, 0.5) is 18.9 Å². The molecule has 1 aromatic rings. The summed E-state index contributed by atoms with van der Waals surface area (Å²) in [6, 6.07) is 0. The molecule has 3 rings (SSSR count). The summed E-state index contributed by atoms with van der Waals surface area (Å²) in [6.07, 6.45) is 0.754. The second-order valence-corrected chi connectivity index (χ2v) is 9.27. The van der Waals surface area contributed by atoms with Gasteiger partial charge in [0.1, 0.15) is 19.0 Å². The molecule has 1 fully saturated rings. The zero-order valence-electron chi connectivity index (χ0n) is 21.4. The number of ether oxygens (including phenoxy) is 3. The molecule has 1 aromatic carbocycles. The van der Waals surface area contributed by atoms with Crippen LogP contribution in [0.1, 0.15) is 66.1 Å². The first-order valence-corrected chi connectivity index (χ1v) is 12.3. The number of halogens is 3. The van der Waals surface area contributed by atoms with Crippen LogP contribution in [-0.4, -0.2) is 62.3 Å². The van der Waals surface area contributed by atoms with E-state index in [1.165, 1.54) is 13.5 Å². The van der Waals surface area contributed by atoms with E-state index in [1.807, 2.05) is 5.32 Å². The van der Waals surface area contributed by atoms with Crippen molar-refractivity contribution in [3.8, 4) is 5.75 Å². The molecule has 0 aromatic heterocycles. The van der Waals surface area contributed by atoms with Gasteiger partial charge in [-0.1, -0.05) is 18.1 Å². The van der Waals surface area contributed by atoms with Gasteiger partial charge in [-0.3, -0.25) is 14.5 Å². The summed E-state index contributed by atoms with van der Waals surface area (Å²) < 4.78 is 55.0. The Labute approximate surface area is 214 Å². The highest BCUT2D eigenvalue weighted by molar-refractivity contribution is 6.07. The molecule has 0 radical (unpaired) electrons. The number of nitrogens with zero attached hydrogens (tertiary/aromatic N) is 1. The van der Waals surface area contributed by atoms with Gasteiger partial charge in [-0.25, -0.2) is 4.79 Å². The average Bonchev–Trinajstić information content (AvgIpc) is 3.25. The molecule has 1 saturated heterocycles. The van der Waals surface area contributed by atoms with E-state index in [0.29, 0.717) is 30.7 Å². The van der Waals surface area contributed by atoms with Gasteiger partial charge >= 0.3 is 24.0 Å². The van der Waals surface area contributed by atoms with E-state index in [2.05, 4.69) is 4.90 Å². The normalized spacial score (nSPS) is 16.3. The molecule has 2 aliphatic rings. The maximum absolute atomic E-state index is 13.0. The first-order chi connectivity index (χ1) is 17.5. The van der Waals surface area contributed by atoms with Gasteiger partial charge in [-0.15, -0.1) is 0 Å². The smallest absolute Gasteiger partial charge is 0.471 e. The van der Waals surface area contributed by atoms with Crippen molar-refractivity contribution in [2.24, 2.45) is 0 Å². The summed E-state index contributed by atoms with van der Waals surface area (Å²) in [5.41, 5.74) is 1.56. The molecule has 0 spiro atoms. The Morgan fingerprint density at radius 3 is 2.51 bits per heavy atom. The van der Waals surface area contributed by atoms with Crippen molar-refractivity contribution in [3.63, 3.8) is 0 Å². The molecule has 2 aliphatic heterocycles. The molecule has 37 heavy (non-hydrogen) atoms. The Morgan fingerprint density at radius 1 is 1.16 bits per heavy atom. The fourth-order valence-electron chi connectivity index (χ4n) is 4.60. The van der Waals surface area contributed by atoms with E-state index in [4.69, 9.17) is 14.2 Å². The van der Waals surface area contributed by atoms with Crippen LogP contribution in [0.2, 0.25) is 0 Å². The van der Waals surface area contributed by atoms with Crippen molar-refractivity contribution >= 4 is 23.5 Å². The van der Waals surface area contributed by atoms with Crippen LogP contribution in [0.3, 0.4) is 0 Å². The minimum Gasteiger partial charge on any atom is -0.496 e. The van der Waals surface area contributed by atoms with Gasteiger partial charge in [-0.05, 0) is 58.2 Å². The van der Waals surface area contributed by atoms with Crippen LogP contribution in [0.25, 0.3) is 0 Å². The largest absolute Gasteiger partial charge is 0.496 e. The Balaban J connectivity index is 1.71. The number of anilines is 1. The molecule has 11 heteroatoms. The third kappa shape index (κ3) is 7.24. The highest BCUT2D eigenvalue weighted by Gasteiger charge is 2.41. The van der Waals surface area contributed by atoms with E-state index in [0.717, 1.165) is 31.5 Å². The van der Waals surface area contributed by atoms with Gasteiger partial charge in [-0.2, -0.15) is 13.2 Å². The fourth-order valence-corrected chi connectivity index (χ4v) is 4.60. The number of benzene rings is 1. The number of hydrogen-bond donors (Lipinski definition) is 1. The second-order valence-electron chi connectivity index (χ2n) is 9.27. The number of carbonyl (C=O) groups is 3. The van der Waals surface area contributed by atoms with E-state index in [9.17, 15) is 27.6 Å². The lowest BCUT2D eigenvalue weighted by Gasteiger charge is -2.25. The van der Waals surface area contributed by atoms with Gasteiger partial charge in [0.25, 0.3) is 0 Å². The molecule has 0 atom stereocenters. The van der Waals surface area contributed by atoms with E-state index in [-0.39, 0.29) is 48.0 Å². The van der Waals surface area contributed by atoms with Gasteiger partial charge in [0.15, 0.2) is 0 Å². The van der Waals surface area contributed by atoms with E-state index in [1.54, 1.807) is 19.9 Å². The predicted molar refractivity (Wildman–Crippen MR) is 129 cm³/mol. The predicted octanol–water partition coefficient (Wildman–Crippen LogP) is 4.47. The van der Waals surface area contributed by atoms with Crippen LogP contribution >= 0.6 is 0 Å². The summed E-state index contributed by atoms with van der Waals surface area (Å²) in [4.78, 5) is 38.6. The number of rotatable bonds is 10. The minimum absolute atomic E-state index is 0.0634. The highest BCUT2D eigenvalue weighted by atomic mass is 19.4. The third-order valence-electron chi connectivity index (χ3n) is 6.67. The van der Waals surface area contributed by atoms with Crippen molar-refractivity contribution < 1.29 is 41.8 Å². The number of cyclic esters (lactones) is 1. The summed E-state index contributed by atoms with van der Waals surface area (Å²) in [5, 5.41) is 1.86. The second kappa shape index (κ2) is 12.4. The zero-order chi connectivity index (χ0) is 27.2. The number of fused-ring (bicyclic) bond motifs is 1.